The molecule has 0 saturated carbocycles. The number of hydrogen-bond donors (Lipinski definition) is 0. The molecule has 3 atom stereocenters. The molecular weight excluding hydrogens is 346 g/mol. The standard InChI is InChI=1S/C21H29NO3S/c1-5-13-22(19(24)18(23)21(3,4)6-2)14-12-16(17(22)20(25)26)15-10-8-7-9-11-15/h7-11,16-17H,5-6,12-14H2,1-4H3. The number of quaternary nitrogens is 1. The Morgan fingerprint density at radius 3 is 2.27 bits per heavy atom. The van der Waals surface area contributed by atoms with Crippen LogP contribution in [0.3, 0.4) is 0 Å². The predicted octanol–water partition coefficient (Wildman–Crippen LogP) is 3.37. The van der Waals surface area contributed by atoms with E-state index in [-0.39, 0.29) is 16.2 Å². The van der Waals surface area contributed by atoms with E-state index in [1.807, 2.05) is 44.2 Å². The minimum Gasteiger partial charge on any atom is -0.736 e. The van der Waals surface area contributed by atoms with Crippen LogP contribution in [0, 0.1) is 5.41 Å². The van der Waals surface area contributed by atoms with E-state index in [1.54, 1.807) is 13.8 Å². The topological polar surface area (TPSA) is 51.2 Å². The summed E-state index contributed by atoms with van der Waals surface area (Å²) < 4.78 is -0.110. The van der Waals surface area contributed by atoms with Gasteiger partial charge in [-0.25, -0.2) is 9.28 Å². The van der Waals surface area contributed by atoms with Crippen molar-refractivity contribution in [1.82, 2.24) is 0 Å². The molecule has 0 N–H and O–H groups in total. The Bertz CT molecular complexity index is 686. The first kappa shape index (κ1) is 20.7. The Morgan fingerprint density at radius 2 is 1.77 bits per heavy atom. The Hall–Kier alpha value is -1.59. The fourth-order valence-corrected chi connectivity index (χ4v) is 4.42. The van der Waals surface area contributed by atoms with E-state index in [9.17, 15) is 14.4 Å². The van der Waals surface area contributed by atoms with Crippen LogP contribution < -0.4 is 0 Å². The van der Waals surface area contributed by atoms with Gasteiger partial charge in [0, 0.05) is 17.8 Å². The van der Waals surface area contributed by atoms with Gasteiger partial charge in [0.1, 0.15) is 6.04 Å². The van der Waals surface area contributed by atoms with E-state index in [0.29, 0.717) is 32.4 Å². The monoisotopic (exact) mass is 375 g/mol. The second-order valence-corrected chi connectivity index (χ2v) is 8.33. The first-order chi connectivity index (χ1) is 12.2. The van der Waals surface area contributed by atoms with Crippen molar-refractivity contribution in [1.29, 1.82) is 0 Å². The molecule has 1 aliphatic heterocycles. The van der Waals surface area contributed by atoms with Crippen molar-refractivity contribution >= 4 is 29.4 Å². The molecule has 0 bridgehead atoms. The Kier molecular flexibility index (Phi) is 6.35. The van der Waals surface area contributed by atoms with Gasteiger partial charge in [-0.15, -0.1) is 0 Å². The maximum absolute atomic E-state index is 13.4. The summed E-state index contributed by atoms with van der Waals surface area (Å²) in [4.78, 5) is 38.8. The molecule has 0 spiro atoms. The highest BCUT2D eigenvalue weighted by atomic mass is 32.1. The third-order valence-electron chi connectivity index (χ3n) is 5.94. The van der Waals surface area contributed by atoms with E-state index < -0.39 is 22.5 Å². The minimum atomic E-state index is -0.726. The summed E-state index contributed by atoms with van der Waals surface area (Å²) in [5, 5.41) is -0.416. The molecule has 1 fully saturated rings. The highest BCUT2D eigenvalue weighted by Gasteiger charge is 2.57. The summed E-state index contributed by atoms with van der Waals surface area (Å²) in [5.41, 5.74) is 0.289. The first-order valence-electron chi connectivity index (χ1n) is 9.43. The van der Waals surface area contributed by atoms with E-state index >= 15 is 0 Å². The van der Waals surface area contributed by atoms with E-state index in [4.69, 9.17) is 12.6 Å². The molecule has 5 heteroatoms. The molecule has 1 aromatic rings. The summed E-state index contributed by atoms with van der Waals surface area (Å²) in [6.07, 6.45) is 1.98. The average Bonchev–Trinajstić information content (AvgIpc) is 3.02. The van der Waals surface area contributed by atoms with E-state index in [1.165, 1.54) is 0 Å². The number of likely N-dealkylation sites (tertiary alicyclic amines) is 1. The van der Waals surface area contributed by atoms with Crippen LogP contribution in [0.4, 0.5) is 0 Å². The molecule has 1 amide bonds. The van der Waals surface area contributed by atoms with Gasteiger partial charge in [-0.2, -0.15) is 0 Å². The number of carbonyl (C=O) groups excluding carboxylic acids is 3. The summed E-state index contributed by atoms with van der Waals surface area (Å²) in [6.45, 7) is 8.44. The molecule has 1 aromatic carbocycles. The van der Waals surface area contributed by atoms with Crippen molar-refractivity contribution in [2.45, 2.75) is 58.9 Å². The van der Waals surface area contributed by atoms with Gasteiger partial charge in [0.2, 0.25) is 0 Å². The molecule has 2 rings (SSSR count). The molecular formula is C21H29NO3S. The normalized spacial score (nSPS) is 25.8. The molecule has 142 valence electrons. The van der Waals surface area contributed by atoms with Crippen LogP contribution in [0.1, 0.15) is 58.4 Å². The fraction of sp³-hybridized carbons (Fsp3) is 0.571. The first-order valence-corrected chi connectivity index (χ1v) is 9.84. The summed E-state index contributed by atoms with van der Waals surface area (Å²) >= 11 is 5.09. The number of Topliss-reactive ketones (excluding diaryl/α,β-unsaturated/α-hetero) is 1. The number of carbonyl (C=O) groups is 3. The van der Waals surface area contributed by atoms with Crippen LogP contribution in [0.25, 0.3) is 0 Å². The third-order valence-corrected chi connectivity index (χ3v) is 6.18. The smallest absolute Gasteiger partial charge is 0.382 e. The lowest BCUT2D eigenvalue weighted by Gasteiger charge is -2.40. The average molecular weight is 376 g/mol. The van der Waals surface area contributed by atoms with Gasteiger partial charge in [-0.3, -0.25) is 4.79 Å². The molecule has 1 saturated heterocycles. The largest absolute Gasteiger partial charge is 0.736 e. The zero-order valence-electron chi connectivity index (χ0n) is 16.2. The van der Waals surface area contributed by atoms with Gasteiger partial charge < -0.3 is 17.4 Å². The number of ketones is 1. The van der Waals surface area contributed by atoms with Gasteiger partial charge in [-0.05, 0) is 18.4 Å². The van der Waals surface area contributed by atoms with Crippen molar-refractivity contribution in [3.05, 3.63) is 35.9 Å². The quantitative estimate of drug-likeness (QED) is 0.416. The van der Waals surface area contributed by atoms with Crippen LogP contribution in [-0.2, 0) is 27.0 Å². The maximum Gasteiger partial charge on any atom is 0.382 e. The maximum atomic E-state index is 13.4. The lowest BCUT2D eigenvalue weighted by atomic mass is 9.83. The Morgan fingerprint density at radius 1 is 1.15 bits per heavy atom. The van der Waals surface area contributed by atoms with Gasteiger partial charge >= 0.3 is 5.91 Å². The highest BCUT2D eigenvalue weighted by molar-refractivity contribution is 7.77. The van der Waals surface area contributed by atoms with Crippen LogP contribution in [-0.4, -0.2) is 40.4 Å². The highest BCUT2D eigenvalue weighted by Crippen LogP contribution is 2.41. The molecule has 4 nitrogen and oxygen atoms in total. The minimum absolute atomic E-state index is 0.110. The van der Waals surface area contributed by atoms with Gasteiger partial charge in [0.25, 0.3) is 5.78 Å². The van der Waals surface area contributed by atoms with Crippen molar-refractivity contribution in [3.63, 3.8) is 0 Å². The molecule has 1 aliphatic rings. The number of benzene rings is 1. The van der Waals surface area contributed by atoms with Crippen LogP contribution in [0.2, 0.25) is 0 Å². The van der Waals surface area contributed by atoms with Crippen molar-refractivity contribution in [3.8, 4) is 0 Å². The summed E-state index contributed by atoms with van der Waals surface area (Å²) in [6, 6.07) is 9.08. The third kappa shape index (κ3) is 3.60. The number of hydrogen-bond acceptors (Lipinski definition) is 4. The van der Waals surface area contributed by atoms with Crippen molar-refractivity contribution in [2.24, 2.45) is 5.41 Å². The molecule has 0 aliphatic carbocycles. The molecule has 3 unspecified atom stereocenters. The zero-order valence-corrected chi connectivity index (χ0v) is 17.0. The Balaban J connectivity index is 2.50. The lowest BCUT2D eigenvalue weighted by Crippen LogP contribution is -2.63. The van der Waals surface area contributed by atoms with Gasteiger partial charge in [0.05, 0.1) is 18.2 Å². The second kappa shape index (κ2) is 7.97. The van der Waals surface area contributed by atoms with Crippen molar-refractivity contribution in [2.75, 3.05) is 13.1 Å². The summed E-state index contributed by atoms with van der Waals surface area (Å²) in [5.74, 6) is -0.946. The van der Waals surface area contributed by atoms with E-state index in [0.717, 1.165) is 5.56 Å². The van der Waals surface area contributed by atoms with Gasteiger partial charge in [0.15, 0.2) is 0 Å². The van der Waals surface area contributed by atoms with Crippen LogP contribution in [0.5, 0.6) is 0 Å². The molecule has 0 radical (unpaired) electrons. The molecule has 0 aromatic heterocycles. The number of amides is 1. The molecule has 26 heavy (non-hydrogen) atoms. The zero-order chi connectivity index (χ0) is 19.5. The number of rotatable bonds is 7. The SMILES string of the molecule is CCC[N+]1(C(=O)C(=O)C(C)(C)CC)CCC(c2ccccc2)C1C(=O)[S-]. The fourth-order valence-electron chi connectivity index (χ4n) is 4.06. The second-order valence-electron chi connectivity index (χ2n) is 7.92. The summed E-state index contributed by atoms with van der Waals surface area (Å²) in [7, 11) is 0. The molecule has 1 heterocycles. The van der Waals surface area contributed by atoms with Gasteiger partial charge in [-0.1, -0.05) is 58.0 Å². The van der Waals surface area contributed by atoms with Crippen molar-refractivity contribution < 1.29 is 18.9 Å². The van der Waals surface area contributed by atoms with Crippen LogP contribution >= 0.6 is 0 Å². The Labute approximate surface area is 162 Å². The van der Waals surface area contributed by atoms with E-state index in [2.05, 4.69) is 0 Å². The predicted molar refractivity (Wildman–Crippen MR) is 104 cm³/mol. The van der Waals surface area contributed by atoms with Crippen LogP contribution in [0.15, 0.2) is 30.3 Å². The lowest BCUT2D eigenvalue weighted by molar-refractivity contribution is -0.854. The number of nitrogens with zero attached hydrogens (tertiary/aromatic N) is 1.